The van der Waals surface area contributed by atoms with E-state index in [0.717, 1.165) is 5.56 Å². The molecule has 27 heavy (non-hydrogen) atoms. The lowest BCUT2D eigenvalue weighted by Crippen LogP contribution is -2.21. The number of carbonyl (C=O) groups is 2. The molecule has 0 aliphatic heterocycles. The molecule has 0 fully saturated rings. The van der Waals surface area contributed by atoms with E-state index in [0.29, 0.717) is 5.01 Å². The Morgan fingerprint density at radius 1 is 1.11 bits per heavy atom. The van der Waals surface area contributed by atoms with Crippen molar-refractivity contribution in [1.29, 1.82) is 0 Å². The maximum Gasteiger partial charge on any atom is 0.358 e. The predicted octanol–water partition coefficient (Wildman–Crippen LogP) is 3.51. The summed E-state index contributed by atoms with van der Waals surface area (Å²) in [6.45, 7) is -0.580. The van der Waals surface area contributed by atoms with Gasteiger partial charge < -0.3 is 10.1 Å². The maximum atomic E-state index is 12.1. The molecule has 0 saturated heterocycles. The Balaban J connectivity index is 1.59. The van der Waals surface area contributed by atoms with E-state index in [-0.39, 0.29) is 17.1 Å². The highest BCUT2D eigenvalue weighted by Gasteiger charge is 2.17. The third-order valence-corrected chi connectivity index (χ3v) is 4.33. The highest BCUT2D eigenvalue weighted by molar-refractivity contribution is 7.13. The summed E-state index contributed by atoms with van der Waals surface area (Å²) in [4.78, 5) is 38.5. The van der Waals surface area contributed by atoms with Gasteiger partial charge in [0.1, 0.15) is 10.7 Å². The minimum atomic E-state index is -0.744. The van der Waals surface area contributed by atoms with E-state index in [9.17, 15) is 19.7 Å². The fraction of sp³-hybridized carbons (Fsp3) is 0.0556. The van der Waals surface area contributed by atoms with Gasteiger partial charge >= 0.3 is 5.97 Å². The molecule has 0 atom stereocenters. The first-order valence-electron chi connectivity index (χ1n) is 7.76. The first-order valence-corrected chi connectivity index (χ1v) is 8.64. The van der Waals surface area contributed by atoms with Crippen molar-refractivity contribution in [2.45, 2.75) is 0 Å². The number of nitrogens with one attached hydrogen (secondary N) is 1. The first-order chi connectivity index (χ1) is 13.0. The predicted molar refractivity (Wildman–Crippen MR) is 99.6 cm³/mol. The fourth-order valence-corrected chi connectivity index (χ4v) is 3.01. The van der Waals surface area contributed by atoms with Crippen molar-refractivity contribution in [3.05, 3.63) is 75.8 Å². The van der Waals surface area contributed by atoms with Crippen LogP contribution in [0.5, 0.6) is 0 Å². The van der Waals surface area contributed by atoms with Gasteiger partial charge in [-0.15, -0.1) is 11.3 Å². The Labute approximate surface area is 157 Å². The highest BCUT2D eigenvalue weighted by atomic mass is 32.1. The second-order valence-corrected chi connectivity index (χ2v) is 6.16. The number of nitro benzene ring substituents is 1. The second kappa shape index (κ2) is 8.19. The van der Waals surface area contributed by atoms with Gasteiger partial charge in [-0.25, -0.2) is 9.78 Å². The van der Waals surface area contributed by atoms with E-state index >= 15 is 0 Å². The van der Waals surface area contributed by atoms with Gasteiger partial charge in [-0.1, -0.05) is 42.5 Å². The van der Waals surface area contributed by atoms with E-state index < -0.39 is 23.4 Å². The number of ether oxygens (including phenoxy) is 1. The fourth-order valence-electron chi connectivity index (χ4n) is 2.21. The summed E-state index contributed by atoms with van der Waals surface area (Å²) in [6.07, 6.45) is 0. The monoisotopic (exact) mass is 383 g/mol. The molecule has 0 radical (unpaired) electrons. The lowest BCUT2D eigenvalue weighted by atomic mass is 10.2. The molecule has 0 unspecified atom stereocenters. The summed E-state index contributed by atoms with van der Waals surface area (Å²) in [5.74, 6) is -1.43. The molecule has 3 rings (SSSR count). The zero-order chi connectivity index (χ0) is 19.2. The third-order valence-electron chi connectivity index (χ3n) is 3.44. The molecule has 8 nitrogen and oxygen atoms in total. The number of nitrogens with zero attached hydrogens (tertiary/aromatic N) is 2. The summed E-state index contributed by atoms with van der Waals surface area (Å²) in [5.41, 5.74) is 0.751. The minimum absolute atomic E-state index is 0.0311. The number of thiazole rings is 1. The highest BCUT2D eigenvalue weighted by Crippen LogP contribution is 2.24. The molecule has 1 aromatic heterocycles. The summed E-state index contributed by atoms with van der Waals surface area (Å²) >= 11 is 1.29. The Hall–Kier alpha value is -3.59. The molecular formula is C18H13N3O5S. The molecule has 0 saturated carbocycles. The van der Waals surface area contributed by atoms with Gasteiger partial charge in [0.15, 0.2) is 12.3 Å². The van der Waals surface area contributed by atoms with Gasteiger partial charge in [-0.2, -0.15) is 0 Å². The molecule has 1 heterocycles. The van der Waals surface area contributed by atoms with Crippen LogP contribution in [0.3, 0.4) is 0 Å². The van der Waals surface area contributed by atoms with E-state index in [4.69, 9.17) is 4.74 Å². The molecule has 1 N–H and O–H groups in total. The van der Waals surface area contributed by atoms with Crippen molar-refractivity contribution in [1.82, 2.24) is 4.98 Å². The van der Waals surface area contributed by atoms with Crippen LogP contribution in [0.15, 0.2) is 60.0 Å². The number of rotatable bonds is 6. The average molecular weight is 383 g/mol. The quantitative estimate of drug-likeness (QED) is 0.396. The number of carbonyl (C=O) groups excluding carboxylic acids is 2. The van der Waals surface area contributed by atoms with Crippen LogP contribution < -0.4 is 5.32 Å². The lowest BCUT2D eigenvalue weighted by molar-refractivity contribution is -0.383. The van der Waals surface area contributed by atoms with Crippen LogP contribution in [-0.4, -0.2) is 28.4 Å². The smallest absolute Gasteiger partial charge is 0.358 e. The third kappa shape index (κ3) is 4.53. The number of hydrogen-bond acceptors (Lipinski definition) is 7. The number of amides is 1. The topological polar surface area (TPSA) is 111 Å². The molecule has 1 amide bonds. The van der Waals surface area contributed by atoms with Crippen molar-refractivity contribution in [3.8, 4) is 10.6 Å². The van der Waals surface area contributed by atoms with Crippen molar-refractivity contribution >= 4 is 34.6 Å². The minimum Gasteiger partial charge on any atom is -0.451 e. The van der Waals surface area contributed by atoms with Gasteiger partial charge in [0.25, 0.3) is 11.6 Å². The molecule has 3 aromatic rings. The van der Waals surface area contributed by atoms with Gasteiger partial charge in [0.2, 0.25) is 0 Å². The van der Waals surface area contributed by atoms with Gasteiger partial charge in [-0.3, -0.25) is 14.9 Å². The normalized spacial score (nSPS) is 10.2. The molecule has 136 valence electrons. The second-order valence-electron chi connectivity index (χ2n) is 5.30. The molecule has 0 spiro atoms. The number of esters is 1. The van der Waals surface area contributed by atoms with Crippen LogP contribution in [0.1, 0.15) is 10.5 Å². The summed E-state index contributed by atoms with van der Waals surface area (Å²) in [7, 11) is 0. The molecular weight excluding hydrogens is 370 g/mol. The Kier molecular flexibility index (Phi) is 5.53. The number of aromatic nitrogens is 1. The Morgan fingerprint density at radius 3 is 2.56 bits per heavy atom. The van der Waals surface area contributed by atoms with Crippen LogP contribution in [0.4, 0.5) is 11.4 Å². The van der Waals surface area contributed by atoms with E-state index in [2.05, 4.69) is 10.3 Å². The van der Waals surface area contributed by atoms with E-state index in [1.165, 1.54) is 29.5 Å². The summed E-state index contributed by atoms with van der Waals surface area (Å²) in [6, 6.07) is 15.0. The molecule has 2 aromatic carbocycles. The van der Waals surface area contributed by atoms with E-state index in [1.807, 2.05) is 30.3 Å². The van der Waals surface area contributed by atoms with Crippen LogP contribution >= 0.6 is 11.3 Å². The zero-order valence-corrected chi connectivity index (χ0v) is 14.6. The van der Waals surface area contributed by atoms with Crippen molar-refractivity contribution < 1.29 is 19.2 Å². The Morgan fingerprint density at radius 2 is 1.81 bits per heavy atom. The summed E-state index contributed by atoms with van der Waals surface area (Å²) in [5, 5.41) is 15.5. The van der Waals surface area contributed by atoms with Crippen molar-refractivity contribution in [2.75, 3.05) is 11.9 Å². The summed E-state index contributed by atoms with van der Waals surface area (Å²) < 4.78 is 4.93. The van der Waals surface area contributed by atoms with Crippen molar-refractivity contribution in [3.63, 3.8) is 0 Å². The van der Waals surface area contributed by atoms with Gasteiger partial charge in [0.05, 0.1) is 4.92 Å². The number of benzene rings is 2. The lowest BCUT2D eigenvalue weighted by Gasteiger charge is -2.06. The van der Waals surface area contributed by atoms with Gasteiger partial charge in [-0.05, 0) is 6.07 Å². The number of nitro groups is 1. The van der Waals surface area contributed by atoms with Crippen LogP contribution in [0, 0.1) is 10.1 Å². The van der Waals surface area contributed by atoms with Crippen LogP contribution in [0.25, 0.3) is 10.6 Å². The number of hydrogen-bond donors (Lipinski definition) is 1. The Bertz CT molecular complexity index is 987. The number of anilines is 1. The molecule has 0 aliphatic rings. The maximum absolute atomic E-state index is 12.1. The van der Waals surface area contributed by atoms with E-state index in [1.54, 1.807) is 11.4 Å². The molecule has 0 bridgehead atoms. The number of para-hydroxylation sites is 2. The molecule has 0 aliphatic carbocycles. The van der Waals surface area contributed by atoms with Gasteiger partial charge in [0, 0.05) is 17.0 Å². The van der Waals surface area contributed by atoms with Crippen molar-refractivity contribution in [2.24, 2.45) is 0 Å². The zero-order valence-electron chi connectivity index (χ0n) is 13.8. The van der Waals surface area contributed by atoms with Crippen LogP contribution in [0.2, 0.25) is 0 Å². The molecule has 9 heteroatoms. The first kappa shape index (κ1) is 18.2. The largest absolute Gasteiger partial charge is 0.451 e. The average Bonchev–Trinajstić information content (AvgIpc) is 3.17. The SMILES string of the molecule is O=C(COC(=O)c1csc(-c2ccccc2)n1)Nc1ccccc1[N+](=O)[O-]. The standard InChI is InChI=1S/C18H13N3O5S/c22-16(19-13-8-4-5-9-15(13)21(24)25)10-26-18(23)14-11-27-17(20-14)12-6-2-1-3-7-12/h1-9,11H,10H2,(H,19,22). The van der Waals surface area contributed by atoms with Crippen LogP contribution in [-0.2, 0) is 9.53 Å².